The second kappa shape index (κ2) is 7.63. The van der Waals surface area contributed by atoms with Gasteiger partial charge >= 0.3 is 0 Å². The number of nitrogens with two attached hydrogens (primary N) is 1. The van der Waals surface area contributed by atoms with Crippen LogP contribution >= 0.6 is 0 Å². The van der Waals surface area contributed by atoms with Crippen LogP contribution < -0.4 is 16.0 Å². The Morgan fingerprint density at radius 2 is 1.91 bits per heavy atom. The summed E-state index contributed by atoms with van der Waals surface area (Å²) in [6, 6.07) is 10.9. The van der Waals surface area contributed by atoms with Crippen molar-refractivity contribution in [1.82, 2.24) is 4.68 Å². The monoisotopic (exact) mass is 314 g/mol. The number of aromatic nitrogens is 1. The predicted molar refractivity (Wildman–Crippen MR) is 90.2 cm³/mol. The molecule has 0 saturated heterocycles. The molecule has 0 fully saturated rings. The molecule has 122 valence electrons. The molecule has 5 heteroatoms. The number of hydrogen-bond donors (Lipinski definition) is 1. The first-order valence-electron chi connectivity index (χ1n) is 7.82. The molecule has 5 nitrogen and oxygen atoms in total. The Hall–Kier alpha value is -2.56. The van der Waals surface area contributed by atoms with Crippen LogP contribution in [0.4, 0.5) is 0 Å². The molecule has 0 aliphatic heterocycles. The lowest BCUT2D eigenvalue weighted by atomic mass is 10.1. The first-order valence-corrected chi connectivity index (χ1v) is 7.82. The number of aryl methyl sites for hydroxylation is 1. The molecular formula is C18H22N2O3. The number of carbonyl (C=O) groups excluding carboxylic acids is 1. The number of ketones is 1. The summed E-state index contributed by atoms with van der Waals surface area (Å²) in [6.45, 7) is 4.01. The number of nitrogen functional groups attached to an aromatic ring is 1. The standard InChI is InChI=1S/C18H22N2O3/c1-3-8-15(21)17-18(16(22)11-14(4-2)20(17)19)23-12-13-9-6-5-7-10-13/h5-7,9-11H,3-4,8,12,19H2,1-2H3. The van der Waals surface area contributed by atoms with Gasteiger partial charge in [-0.15, -0.1) is 0 Å². The highest BCUT2D eigenvalue weighted by Crippen LogP contribution is 2.18. The molecule has 0 unspecified atom stereocenters. The van der Waals surface area contributed by atoms with Gasteiger partial charge in [-0.1, -0.05) is 44.2 Å². The third kappa shape index (κ3) is 3.80. The number of ether oxygens (including phenoxy) is 1. The van der Waals surface area contributed by atoms with Crippen LogP contribution in [0.1, 0.15) is 48.4 Å². The van der Waals surface area contributed by atoms with Crippen molar-refractivity contribution >= 4 is 5.78 Å². The van der Waals surface area contributed by atoms with E-state index in [1.165, 1.54) is 10.7 Å². The lowest BCUT2D eigenvalue weighted by Crippen LogP contribution is -2.28. The molecule has 1 aromatic carbocycles. The van der Waals surface area contributed by atoms with Crippen LogP contribution in [0.25, 0.3) is 0 Å². The van der Waals surface area contributed by atoms with Crippen LogP contribution in [0, 0.1) is 0 Å². The summed E-state index contributed by atoms with van der Waals surface area (Å²) < 4.78 is 6.96. The lowest BCUT2D eigenvalue weighted by Gasteiger charge is -2.16. The molecule has 0 saturated carbocycles. The lowest BCUT2D eigenvalue weighted by molar-refractivity contribution is 0.0967. The van der Waals surface area contributed by atoms with E-state index in [4.69, 9.17) is 10.6 Å². The van der Waals surface area contributed by atoms with Crippen LogP contribution in [-0.2, 0) is 13.0 Å². The van der Waals surface area contributed by atoms with Crippen molar-refractivity contribution in [3.63, 3.8) is 0 Å². The van der Waals surface area contributed by atoms with Crippen molar-refractivity contribution in [1.29, 1.82) is 0 Å². The molecule has 1 aromatic heterocycles. The average Bonchev–Trinajstić information content (AvgIpc) is 2.56. The maximum atomic E-state index is 12.4. The zero-order valence-corrected chi connectivity index (χ0v) is 13.5. The van der Waals surface area contributed by atoms with Crippen LogP contribution in [0.2, 0.25) is 0 Å². The molecule has 2 N–H and O–H groups in total. The second-order valence-electron chi connectivity index (χ2n) is 5.35. The largest absolute Gasteiger partial charge is 0.483 e. The van der Waals surface area contributed by atoms with Gasteiger partial charge in [0.05, 0.1) is 0 Å². The van der Waals surface area contributed by atoms with Crippen LogP contribution in [0.3, 0.4) is 0 Å². The molecule has 1 heterocycles. The van der Waals surface area contributed by atoms with Gasteiger partial charge in [-0.2, -0.15) is 0 Å². The van der Waals surface area contributed by atoms with Crippen molar-refractivity contribution in [2.45, 2.75) is 39.7 Å². The fourth-order valence-electron chi connectivity index (χ4n) is 2.40. The quantitative estimate of drug-likeness (QED) is 0.630. The topological polar surface area (TPSA) is 74.3 Å². The molecule has 23 heavy (non-hydrogen) atoms. The molecule has 0 bridgehead atoms. The molecule has 0 radical (unpaired) electrons. The van der Waals surface area contributed by atoms with Crippen LogP contribution in [-0.4, -0.2) is 10.5 Å². The zero-order chi connectivity index (χ0) is 16.8. The van der Waals surface area contributed by atoms with Crippen LogP contribution in [0.15, 0.2) is 41.2 Å². The van der Waals surface area contributed by atoms with Gasteiger partial charge in [0.15, 0.2) is 17.2 Å². The van der Waals surface area contributed by atoms with E-state index in [-0.39, 0.29) is 29.3 Å². The van der Waals surface area contributed by atoms with E-state index in [0.717, 1.165) is 5.56 Å². The Bertz CT molecular complexity index is 736. The van der Waals surface area contributed by atoms with E-state index in [0.29, 0.717) is 25.0 Å². The summed E-state index contributed by atoms with van der Waals surface area (Å²) in [4.78, 5) is 24.8. The number of pyridine rings is 1. The number of rotatable bonds is 7. The van der Waals surface area contributed by atoms with Gasteiger partial charge in [-0.3, -0.25) is 14.3 Å². The van der Waals surface area contributed by atoms with Crippen molar-refractivity contribution in [3.8, 4) is 5.75 Å². The fraction of sp³-hybridized carbons (Fsp3) is 0.333. The summed E-state index contributed by atoms with van der Waals surface area (Å²) in [7, 11) is 0. The zero-order valence-electron chi connectivity index (χ0n) is 13.5. The maximum absolute atomic E-state index is 12.4. The third-order valence-electron chi connectivity index (χ3n) is 3.62. The van der Waals surface area contributed by atoms with Gasteiger partial charge < -0.3 is 10.6 Å². The Morgan fingerprint density at radius 3 is 2.52 bits per heavy atom. The Morgan fingerprint density at radius 1 is 1.22 bits per heavy atom. The molecule has 0 aliphatic carbocycles. The van der Waals surface area contributed by atoms with Crippen molar-refractivity contribution in [2.75, 3.05) is 5.84 Å². The van der Waals surface area contributed by atoms with E-state index in [1.807, 2.05) is 44.2 Å². The fourth-order valence-corrected chi connectivity index (χ4v) is 2.40. The molecule has 0 aliphatic rings. The molecule has 0 amide bonds. The molecular weight excluding hydrogens is 292 g/mol. The van der Waals surface area contributed by atoms with Gasteiger partial charge in [-0.05, 0) is 18.4 Å². The van der Waals surface area contributed by atoms with E-state index in [1.54, 1.807) is 0 Å². The van der Waals surface area contributed by atoms with Crippen LogP contribution in [0.5, 0.6) is 5.75 Å². The minimum absolute atomic E-state index is 0.0343. The first-order chi connectivity index (χ1) is 11.1. The van der Waals surface area contributed by atoms with Gasteiger partial charge in [-0.25, -0.2) is 0 Å². The summed E-state index contributed by atoms with van der Waals surface area (Å²) in [5.41, 5.74) is 1.39. The molecule has 2 aromatic rings. The van der Waals surface area contributed by atoms with E-state index in [9.17, 15) is 9.59 Å². The van der Waals surface area contributed by atoms with E-state index >= 15 is 0 Å². The number of carbonyl (C=O) groups is 1. The smallest absolute Gasteiger partial charge is 0.224 e. The molecule has 0 atom stereocenters. The van der Waals surface area contributed by atoms with Gasteiger partial charge in [0, 0.05) is 18.2 Å². The number of benzene rings is 1. The normalized spacial score (nSPS) is 10.5. The van der Waals surface area contributed by atoms with Crippen molar-refractivity contribution < 1.29 is 9.53 Å². The molecule has 2 rings (SSSR count). The predicted octanol–water partition coefficient (Wildman–Crippen LogP) is 2.69. The van der Waals surface area contributed by atoms with Gasteiger partial charge in [0.25, 0.3) is 0 Å². The first kappa shape index (κ1) is 16.8. The maximum Gasteiger partial charge on any atom is 0.224 e. The Kier molecular flexibility index (Phi) is 5.57. The number of hydrogen-bond acceptors (Lipinski definition) is 4. The van der Waals surface area contributed by atoms with Gasteiger partial charge in [0.2, 0.25) is 5.43 Å². The highest BCUT2D eigenvalue weighted by Gasteiger charge is 2.21. The highest BCUT2D eigenvalue weighted by atomic mass is 16.5. The minimum Gasteiger partial charge on any atom is -0.483 e. The molecule has 0 spiro atoms. The summed E-state index contributed by atoms with van der Waals surface area (Å²) in [5.74, 6) is 5.90. The summed E-state index contributed by atoms with van der Waals surface area (Å²) >= 11 is 0. The summed E-state index contributed by atoms with van der Waals surface area (Å²) in [5, 5.41) is 0. The van der Waals surface area contributed by atoms with Crippen molar-refractivity contribution in [3.05, 3.63) is 63.6 Å². The summed E-state index contributed by atoms with van der Waals surface area (Å²) in [6.07, 6.45) is 1.57. The van der Waals surface area contributed by atoms with E-state index < -0.39 is 0 Å². The second-order valence-corrected chi connectivity index (χ2v) is 5.35. The minimum atomic E-state index is -0.307. The Labute approximate surface area is 135 Å². The SMILES string of the molecule is CCCC(=O)c1c(OCc2ccccc2)c(=O)cc(CC)n1N. The highest BCUT2D eigenvalue weighted by molar-refractivity contribution is 5.97. The van der Waals surface area contributed by atoms with Gasteiger partial charge in [0.1, 0.15) is 6.61 Å². The van der Waals surface area contributed by atoms with E-state index in [2.05, 4.69) is 0 Å². The number of Topliss-reactive ketones (excluding diaryl/α,β-unsaturated/α-hetero) is 1. The Balaban J connectivity index is 2.42. The average molecular weight is 314 g/mol. The van der Waals surface area contributed by atoms with Crippen molar-refractivity contribution in [2.24, 2.45) is 0 Å². The number of nitrogens with zero attached hydrogens (tertiary/aromatic N) is 1. The third-order valence-corrected chi connectivity index (χ3v) is 3.62.